The number of benzene rings is 1. The predicted molar refractivity (Wildman–Crippen MR) is 90.6 cm³/mol. The molecule has 0 radical (unpaired) electrons. The molecule has 0 fully saturated rings. The fraction of sp³-hybridized carbons (Fsp3) is 0.267. The molecule has 0 bridgehead atoms. The molecule has 0 spiro atoms. The van der Waals surface area contributed by atoms with Crippen LogP contribution < -0.4 is 11.1 Å². The minimum absolute atomic E-state index is 0.152. The van der Waals surface area contributed by atoms with Crippen LogP contribution in [0.5, 0.6) is 0 Å². The van der Waals surface area contributed by atoms with Gasteiger partial charge in [-0.2, -0.15) is 0 Å². The fourth-order valence-corrected chi connectivity index (χ4v) is 3.20. The lowest BCUT2D eigenvalue weighted by Gasteiger charge is -2.23. The second-order valence-electron chi connectivity index (χ2n) is 5.41. The molecule has 1 amide bonds. The first-order valence-electron chi connectivity index (χ1n) is 6.38. The Balaban J connectivity index is 2.13. The van der Waals surface area contributed by atoms with Crippen molar-refractivity contribution in [3.05, 3.63) is 50.1 Å². The van der Waals surface area contributed by atoms with Gasteiger partial charge in [0, 0.05) is 22.5 Å². The quantitative estimate of drug-likeness (QED) is 0.811. The van der Waals surface area contributed by atoms with Crippen LogP contribution in [0.2, 0.25) is 10.0 Å². The van der Waals surface area contributed by atoms with Crippen molar-refractivity contribution in [3.63, 3.8) is 0 Å². The summed E-state index contributed by atoms with van der Waals surface area (Å²) in [5, 5.41) is 5.41. The number of thiophene rings is 1. The number of hydrogen-bond acceptors (Lipinski definition) is 3. The highest BCUT2D eigenvalue weighted by Crippen LogP contribution is 2.30. The normalized spacial score (nSPS) is 11.4. The summed E-state index contributed by atoms with van der Waals surface area (Å²) < 4.78 is 0. The summed E-state index contributed by atoms with van der Waals surface area (Å²) in [6, 6.07) is 7.11. The number of carbonyl (C=O) groups excluding carboxylic acids is 1. The van der Waals surface area contributed by atoms with E-state index in [-0.39, 0.29) is 21.4 Å². The Morgan fingerprint density at radius 1 is 1.38 bits per heavy atom. The van der Waals surface area contributed by atoms with Gasteiger partial charge in [0.1, 0.15) is 0 Å². The Kier molecular flexibility index (Phi) is 4.81. The monoisotopic (exact) mass is 342 g/mol. The van der Waals surface area contributed by atoms with Crippen LogP contribution in [-0.2, 0) is 5.41 Å². The van der Waals surface area contributed by atoms with Crippen molar-refractivity contribution in [3.8, 4) is 0 Å². The van der Waals surface area contributed by atoms with E-state index in [1.54, 1.807) is 11.3 Å². The predicted octanol–water partition coefficient (Wildman–Crippen LogP) is 4.34. The van der Waals surface area contributed by atoms with Crippen LogP contribution in [0.3, 0.4) is 0 Å². The molecule has 0 unspecified atom stereocenters. The highest BCUT2D eigenvalue weighted by atomic mass is 35.5. The number of anilines is 1. The lowest BCUT2D eigenvalue weighted by molar-refractivity contribution is 0.0946. The maximum Gasteiger partial charge on any atom is 0.252 e. The molecule has 0 aliphatic carbocycles. The average Bonchev–Trinajstić information content (AvgIpc) is 2.95. The summed E-state index contributed by atoms with van der Waals surface area (Å²) in [5.74, 6) is -0.279. The molecular weight excluding hydrogens is 327 g/mol. The van der Waals surface area contributed by atoms with Gasteiger partial charge in [-0.25, -0.2) is 0 Å². The number of hydrogen-bond donors (Lipinski definition) is 2. The van der Waals surface area contributed by atoms with Crippen molar-refractivity contribution in [1.29, 1.82) is 0 Å². The van der Waals surface area contributed by atoms with Crippen LogP contribution in [-0.4, -0.2) is 12.5 Å². The molecule has 0 saturated carbocycles. The standard InChI is InChI=1S/C15H16Cl2N2OS/c1-15(2,12-4-3-5-21-12)8-19-14(20)10-6-9(18)7-11(16)13(10)17/h3-7H,8,18H2,1-2H3,(H,19,20). The Labute approximate surface area is 138 Å². The maximum atomic E-state index is 12.3. The summed E-state index contributed by atoms with van der Waals surface area (Å²) in [5.41, 5.74) is 6.26. The van der Waals surface area contributed by atoms with Crippen LogP contribution >= 0.6 is 34.5 Å². The Morgan fingerprint density at radius 3 is 2.71 bits per heavy atom. The van der Waals surface area contributed by atoms with Gasteiger partial charge < -0.3 is 11.1 Å². The van der Waals surface area contributed by atoms with Crippen LogP contribution in [0.25, 0.3) is 0 Å². The molecule has 2 aromatic rings. The molecule has 2 rings (SSSR count). The maximum absolute atomic E-state index is 12.3. The molecule has 1 heterocycles. The van der Waals surface area contributed by atoms with E-state index >= 15 is 0 Å². The molecule has 112 valence electrons. The van der Waals surface area contributed by atoms with Crippen molar-refractivity contribution in [2.24, 2.45) is 0 Å². The molecule has 3 nitrogen and oxygen atoms in total. The Hall–Kier alpha value is -1.23. The molecule has 6 heteroatoms. The smallest absolute Gasteiger partial charge is 0.252 e. The van der Waals surface area contributed by atoms with Crippen molar-refractivity contribution < 1.29 is 4.79 Å². The minimum atomic E-state index is -0.279. The number of halogens is 2. The zero-order valence-electron chi connectivity index (χ0n) is 11.7. The van der Waals surface area contributed by atoms with Crippen molar-refractivity contribution in [2.45, 2.75) is 19.3 Å². The van der Waals surface area contributed by atoms with E-state index in [2.05, 4.69) is 25.2 Å². The second-order valence-corrected chi connectivity index (χ2v) is 7.14. The van der Waals surface area contributed by atoms with Gasteiger partial charge in [0.15, 0.2) is 0 Å². The molecule has 0 atom stereocenters. The Bertz CT molecular complexity index is 654. The van der Waals surface area contributed by atoms with Crippen molar-refractivity contribution in [1.82, 2.24) is 5.32 Å². The number of nitrogen functional groups attached to an aromatic ring is 1. The summed E-state index contributed by atoms with van der Waals surface area (Å²) in [6.45, 7) is 4.65. The lowest BCUT2D eigenvalue weighted by atomic mass is 9.91. The van der Waals surface area contributed by atoms with E-state index in [1.807, 2.05) is 11.4 Å². The van der Waals surface area contributed by atoms with Crippen LogP contribution in [0.15, 0.2) is 29.6 Å². The largest absolute Gasteiger partial charge is 0.399 e. The molecule has 0 aliphatic rings. The van der Waals surface area contributed by atoms with Gasteiger partial charge in [0.2, 0.25) is 0 Å². The highest BCUT2D eigenvalue weighted by molar-refractivity contribution is 7.10. The fourth-order valence-electron chi connectivity index (χ4n) is 1.92. The summed E-state index contributed by atoms with van der Waals surface area (Å²) in [7, 11) is 0. The van der Waals surface area contributed by atoms with E-state index in [1.165, 1.54) is 17.0 Å². The zero-order valence-corrected chi connectivity index (χ0v) is 14.1. The van der Waals surface area contributed by atoms with E-state index in [4.69, 9.17) is 28.9 Å². The van der Waals surface area contributed by atoms with Gasteiger partial charge in [-0.3, -0.25) is 4.79 Å². The lowest BCUT2D eigenvalue weighted by Crippen LogP contribution is -2.36. The molecule has 0 saturated heterocycles. The first kappa shape index (κ1) is 16.1. The highest BCUT2D eigenvalue weighted by Gasteiger charge is 2.23. The third-order valence-corrected chi connectivity index (χ3v) is 5.21. The third kappa shape index (κ3) is 3.70. The molecule has 21 heavy (non-hydrogen) atoms. The van der Waals surface area contributed by atoms with Gasteiger partial charge in [0.05, 0.1) is 15.6 Å². The van der Waals surface area contributed by atoms with Crippen molar-refractivity contribution >= 4 is 46.1 Å². The van der Waals surface area contributed by atoms with Crippen LogP contribution in [0.1, 0.15) is 29.1 Å². The topological polar surface area (TPSA) is 55.1 Å². The molecule has 1 aromatic carbocycles. The number of amides is 1. The van der Waals surface area contributed by atoms with Crippen LogP contribution in [0, 0.1) is 0 Å². The first-order chi connectivity index (χ1) is 9.81. The zero-order chi connectivity index (χ0) is 15.6. The second kappa shape index (κ2) is 6.26. The summed E-state index contributed by atoms with van der Waals surface area (Å²) in [6.07, 6.45) is 0. The summed E-state index contributed by atoms with van der Waals surface area (Å²) in [4.78, 5) is 13.5. The van der Waals surface area contributed by atoms with E-state index in [9.17, 15) is 4.79 Å². The van der Waals surface area contributed by atoms with Crippen LogP contribution in [0.4, 0.5) is 5.69 Å². The van der Waals surface area contributed by atoms with Gasteiger partial charge in [-0.15, -0.1) is 11.3 Å². The van der Waals surface area contributed by atoms with Gasteiger partial charge in [0.25, 0.3) is 5.91 Å². The van der Waals surface area contributed by atoms with Crippen molar-refractivity contribution in [2.75, 3.05) is 12.3 Å². The van der Waals surface area contributed by atoms with Gasteiger partial charge >= 0.3 is 0 Å². The molecule has 1 aromatic heterocycles. The average molecular weight is 343 g/mol. The molecular formula is C15H16Cl2N2OS. The first-order valence-corrected chi connectivity index (χ1v) is 8.01. The molecule has 3 N–H and O–H groups in total. The summed E-state index contributed by atoms with van der Waals surface area (Å²) >= 11 is 13.7. The third-order valence-electron chi connectivity index (χ3n) is 3.17. The molecule has 0 aliphatic heterocycles. The number of rotatable bonds is 4. The van der Waals surface area contributed by atoms with Gasteiger partial charge in [-0.05, 0) is 23.6 Å². The van der Waals surface area contributed by atoms with E-state index in [0.717, 1.165) is 0 Å². The van der Waals surface area contributed by atoms with E-state index in [0.29, 0.717) is 17.8 Å². The number of nitrogens with one attached hydrogen (secondary N) is 1. The Morgan fingerprint density at radius 2 is 2.10 bits per heavy atom. The minimum Gasteiger partial charge on any atom is -0.399 e. The van der Waals surface area contributed by atoms with Gasteiger partial charge in [-0.1, -0.05) is 43.1 Å². The SMILES string of the molecule is CC(C)(CNC(=O)c1cc(N)cc(Cl)c1Cl)c1cccs1. The van der Waals surface area contributed by atoms with E-state index < -0.39 is 0 Å². The number of carbonyl (C=O) groups is 1. The number of nitrogens with two attached hydrogens (primary N) is 1.